The van der Waals surface area contributed by atoms with Crippen molar-refractivity contribution in [2.45, 2.75) is 37.4 Å². The van der Waals surface area contributed by atoms with Gasteiger partial charge in [-0.25, -0.2) is 8.42 Å². The van der Waals surface area contributed by atoms with Crippen molar-refractivity contribution in [2.75, 3.05) is 5.88 Å². The number of sulfonamides is 1. The average Bonchev–Trinajstić information content (AvgIpc) is 2.16. The highest BCUT2D eigenvalue weighted by Crippen LogP contribution is 2.24. The van der Waals surface area contributed by atoms with Crippen LogP contribution >= 0.6 is 12.6 Å². The van der Waals surface area contributed by atoms with Gasteiger partial charge in [-0.1, -0.05) is 23.8 Å². The molecule has 1 fully saturated rings. The molecule has 13 heavy (non-hydrogen) atoms. The maximum atomic E-state index is 11.5. The molecule has 0 unspecified atom stereocenters. The molecule has 0 radical (unpaired) electrons. The van der Waals surface area contributed by atoms with Crippen molar-refractivity contribution in [1.29, 1.82) is 0 Å². The molecule has 0 aromatic carbocycles. The van der Waals surface area contributed by atoms with Gasteiger partial charge in [-0.2, -0.15) is 17.7 Å². The van der Waals surface area contributed by atoms with E-state index in [1.54, 1.807) is 0 Å². The maximum Gasteiger partial charge on any atom is 0.273 e. The van der Waals surface area contributed by atoms with Gasteiger partial charge in [0.2, 0.25) is 0 Å². The third kappa shape index (κ3) is 3.27. The Hall–Kier alpha value is -0.100. The fourth-order valence-electron chi connectivity index (χ4n) is 1.54. The van der Waals surface area contributed by atoms with E-state index >= 15 is 0 Å². The molecule has 0 spiro atoms. The smallest absolute Gasteiger partial charge is 0.203 e. The molecule has 1 aliphatic carbocycles. The molecule has 0 N–H and O–H groups in total. The minimum Gasteiger partial charge on any atom is -0.203 e. The third-order valence-corrected chi connectivity index (χ3v) is 3.99. The Morgan fingerprint density at radius 3 is 2.38 bits per heavy atom. The molecule has 4 nitrogen and oxygen atoms in total. The van der Waals surface area contributed by atoms with Crippen LogP contribution in [-0.4, -0.2) is 19.5 Å². The van der Waals surface area contributed by atoms with Gasteiger partial charge in [0.15, 0.2) is 0 Å². The van der Waals surface area contributed by atoms with Crippen molar-refractivity contribution in [2.24, 2.45) is 9.63 Å². The summed E-state index contributed by atoms with van der Waals surface area (Å²) in [6.07, 6.45) is 4.57. The molecule has 0 aliphatic heterocycles. The van der Waals surface area contributed by atoms with E-state index < -0.39 is 10.0 Å². The second-order valence-corrected chi connectivity index (χ2v) is 5.28. The quantitative estimate of drug-likeness (QED) is 0.586. The van der Waals surface area contributed by atoms with Gasteiger partial charge in [0.05, 0.1) is 5.25 Å². The van der Waals surface area contributed by atoms with E-state index in [9.17, 15) is 8.42 Å². The van der Waals surface area contributed by atoms with Crippen LogP contribution in [0.15, 0.2) is 9.63 Å². The Labute approximate surface area is 84.3 Å². The molecule has 1 saturated carbocycles. The zero-order valence-corrected chi connectivity index (χ0v) is 9.10. The molecule has 1 aliphatic rings. The summed E-state index contributed by atoms with van der Waals surface area (Å²) in [7, 11) is -3.34. The van der Waals surface area contributed by atoms with Crippen LogP contribution in [-0.2, 0) is 10.0 Å². The molecule has 6 heteroatoms. The van der Waals surface area contributed by atoms with Gasteiger partial charge in [0.1, 0.15) is 5.88 Å². The summed E-state index contributed by atoms with van der Waals surface area (Å²) < 4.78 is 26.2. The van der Waals surface area contributed by atoms with Gasteiger partial charge in [-0.3, -0.25) is 0 Å². The van der Waals surface area contributed by atoms with Gasteiger partial charge in [0.25, 0.3) is 10.0 Å². The van der Waals surface area contributed by atoms with Gasteiger partial charge in [0, 0.05) is 0 Å². The monoisotopic (exact) mass is 222 g/mol. The second-order valence-electron chi connectivity index (χ2n) is 3.14. The molecule has 76 valence electrons. The Morgan fingerprint density at radius 2 is 1.85 bits per heavy atom. The minimum atomic E-state index is -3.34. The highest BCUT2D eigenvalue weighted by Gasteiger charge is 2.26. The number of thiol groups is 1. The third-order valence-electron chi connectivity index (χ3n) is 2.21. The topological polar surface area (TPSA) is 58.9 Å². The lowest BCUT2D eigenvalue weighted by atomic mass is 10.0. The first-order valence-electron chi connectivity index (χ1n) is 4.40. The number of hydrogen-bond donors (Lipinski definition) is 1. The normalized spacial score (nSPS) is 21.0. The second kappa shape index (κ2) is 4.95. The first-order chi connectivity index (χ1) is 6.17. The SMILES string of the molecule is O=S(=O)(N=NCS)C1CCCCC1. The Bertz CT molecular complexity index is 268. The highest BCUT2D eigenvalue weighted by atomic mass is 32.2. The lowest BCUT2D eigenvalue weighted by Crippen LogP contribution is -2.21. The Morgan fingerprint density at radius 1 is 1.23 bits per heavy atom. The van der Waals surface area contributed by atoms with Crippen LogP contribution < -0.4 is 0 Å². The van der Waals surface area contributed by atoms with Crippen molar-refractivity contribution in [1.82, 2.24) is 0 Å². The van der Waals surface area contributed by atoms with Crippen LogP contribution in [0, 0.1) is 0 Å². The van der Waals surface area contributed by atoms with E-state index in [2.05, 4.69) is 22.3 Å². The van der Waals surface area contributed by atoms with Crippen molar-refractivity contribution >= 4 is 22.7 Å². The van der Waals surface area contributed by atoms with Gasteiger partial charge in [-0.15, -0.1) is 0 Å². The van der Waals surface area contributed by atoms with Crippen molar-refractivity contribution < 1.29 is 8.42 Å². The molecule has 0 amide bonds. The van der Waals surface area contributed by atoms with Gasteiger partial charge in [-0.05, 0) is 12.8 Å². The van der Waals surface area contributed by atoms with Crippen LogP contribution in [0.1, 0.15) is 32.1 Å². The molecular weight excluding hydrogens is 208 g/mol. The van der Waals surface area contributed by atoms with Crippen molar-refractivity contribution in [3.63, 3.8) is 0 Å². The molecule has 0 aromatic heterocycles. The predicted molar refractivity (Wildman–Crippen MR) is 54.5 cm³/mol. The van der Waals surface area contributed by atoms with Crippen LogP contribution in [0.2, 0.25) is 0 Å². The summed E-state index contributed by atoms with van der Waals surface area (Å²) in [5, 5.41) is 3.12. The van der Waals surface area contributed by atoms with Gasteiger partial charge < -0.3 is 0 Å². The van der Waals surface area contributed by atoms with E-state index in [4.69, 9.17) is 0 Å². The molecule has 0 bridgehead atoms. The van der Waals surface area contributed by atoms with E-state index in [0.29, 0.717) is 0 Å². The number of nitrogens with zero attached hydrogens (tertiary/aromatic N) is 2. The molecule has 0 saturated heterocycles. The fraction of sp³-hybridized carbons (Fsp3) is 1.00. The zero-order valence-electron chi connectivity index (χ0n) is 7.39. The Balaban J connectivity index is 2.62. The summed E-state index contributed by atoms with van der Waals surface area (Å²) in [5.74, 6) is 0.131. The van der Waals surface area contributed by atoms with E-state index in [0.717, 1.165) is 32.1 Å². The first-order valence-corrected chi connectivity index (χ1v) is 6.54. The Kier molecular flexibility index (Phi) is 4.18. The highest BCUT2D eigenvalue weighted by molar-refractivity contribution is 7.90. The standard InChI is InChI=1S/C7H14N2O2S2/c10-13(11,9-8-6-12)7-4-2-1-3-5-7/h7,12H,1-6H2. The van der Waals surface area contributed by atoms with Crippen LogP contribution in [0.25, 0.3) is 0 Å². The zero-order chi connectivity index (χ0) is 9.73. The predicted octanol–water partition coefficient (Wildman–Crippen LogP) is 1.99. The van der Waals surface area contributed by atoms with Crippen LogP contribution in [0.4, 0.5) is 0 Å². The van der Waals surface area contributed by atoms with Gasteiger partial charge >= 0.3 is 0 Å². The number of rotatable bonds is 3. The molecular formula is C7H14N2O2S2. The summed E-state index contributed by atoms with van der Waals surface area (Å²) in [6.45, 7) is 0. The fourth-order valence-corrected chi connectivity index (χ4v) is 2.97. The summed E-state index contributed by atoms with van der Waals surface area (Å²) in [6, 6.07) is 0. The van der Waals surface area contributed by atoms with E-state index in [-0.39, 0.29) is 11.1 Å². The first kappa shape index (κ1) is 11.0. The lowest BCUT2D eigenvalue weighted by Gasteiger charge is -2.18. The number of hydrogen-bond acceptors (Lipinski definition) is 4. The molecule has 1 rings (SSSR count). The summed E-state index contributed by atoms with van der Waals surface area (Å²) in [5.41, 5.74) is 0. The van der Waals surface area contributed by atoms with Crippen molar-refractivity contribution in [3.8, 4) is 0 Å². The maximum absolute atomic E-state index is 11.5. The minimum absolute atomic E-state index is 0.131. The summed E-state index contributed by atoms with van der Waals surface area (Å²) in [4.78, 5) is 0. The van der Waals surface area contributed by atoms with Crippen LogP contribution in [0.3, 0.4) is 0 Å². The molecule has 0 aromatic rings. The lowest BCUT2D eigenvalue weighted by molar-refractivity contribution is 0.483. The van der Waals surface area contributed by atoms with E-state index in [1.165, 1.54) is 0 Å². The summed E-state index contributed by atoms with van der Waals surface area (Å²) >= 11 is 3.77. The average molecular weight is 222 g/mol. The molecule has 0 heterocycles. The van der Waals surface area contributed by atoms with E-state index in [1.807, 2.05) is 0 Å². The molecule has 0 atom stereocenters. The van der Waals surface area contributed by atoms with Crippen LogP contribution in [0.5, 0.6) is 0 Å². The largest absolute Gasteiger partial charge is 0.273 e. The van der Waals surface area contributed by atoms with Crippen molar-refractivity contribution in [3.05, 3.63) is 0 Å².